The lowest BCUT2D eigenvalue weighted by Gasteiger charge is -2.31. The molecular weight excluding hydrogens is 312 g/mol. The molecule has 1 aliphatic rings. The number of nitrogens with zero attached hydrogens (tertiary/aromatic N) is 3. The molecule has 0 bridgehead atoms. The van der Waals surface area contributed by atoms with Gasteiger partial charge in [0.05, 0.1) is 22.8 Å². The van der Waals surface area contributed by atoms with Crippen molar-refractivity contribution in [1.29, 1.82) is 0 Å². The van der Waals surface area contributed by atoms with Gasteiger partial charge in [-0.15, -0.1) is 11.3 Å². The number of H-pyrrole nitrogens is 1. The zero-order chi connectivity index (χ0) is 16.4. The highest BCUT2D eigenvalue weighted by Crippen LogP contribution is 2.26. The molecule has 2 aromatic heterocycles. The van der Waals surface area contributed by atoms with Crippen molar-refractivity contribution >= 4 is 17.2 Å². The number of thiazole rings is 1. The molecule has 1 fully saturated rings. The van der Waals surface area contributed by atoms with Gasteiger partial charge in [-0.25, -0.2) is 9.97 Å². The predicted octanol–water partition coefficient (Wildman–Crippen LogP) is 1.79. The average Bonchev–Trinajstić information content (AvgIpc) is 2.91. The lowest BCUT2D eigenvalue weighted by Crippen LogP contribution is -2.39. The Labute approximate surface area is 138 Å². The normalized spacial score (nSPS) is 15.8. The van der Waals surface area contributed by atoms with E-state index in [2.05, 4.69) is 15.0 Å². The third-order valence-corrected chi connectivity index (χ3v) is 4.97. The Morgan fingerprint density at radius 2 is 2.09 bits per heavy atom. The van der Waals surface area contributed by atoms with Crippen molar-refractivity contribution in [3.05, 3.63) is 44.0 Å². The number of hydrogen-bond acceptors (Lipinski definition) is 5. The minimum atomic E-state index is -0.107. The van der Waals surface area contributed by atoms with E-state index < -0.39 is 0 Å². The SMILES string of the molecule is Cc1nc(C2CCN(C(=O)Cc3csc(C)n3)CC2)cc(=O)[nH]1. The van der Waals surface area contributed by atoms with E-state index in [4.69, 9.17) is 0 Å². The molecule has 0 radical (unpaired) electrons. The second-order valence-corrected chi connectivity index (χ2v) is 7.01. The van der Waals surface area contributed by atoms with Crippen LogP contribution in [-0.4, -0.2) is 38.8 Å². The Bertz CT molecular complexity index is 759. The fraction of sp³-hybridized carbons (Fsp3) is 0.500. The molecular formula is C16H20N4O2S. The Morgan fingerprint density at radius 3 is 2.70 bits per heavy atom. The van der Waals surface area contributed by atoms with Crippen LogP contribution in [0.5, 0.6) is 0 Å². The van der Waals surface area contributed by atoms with Crippen LogP contribution >= 0.6 is 11.3 Å². The first-order valence-electron chi connectivity index (χ1n) is 7.78. The summed E-state index contributed by atoms with van der Waals surface area (Å²) < 4.78 is 0. The molecule has 3 rings (SSSR count). The summed E-state index contributed by atoms with van der Waals surface area (Å²) in [5, 5.41) is 2.94. The predicted molar refractivity (Wildman–Crippen MR) is 88.7 cm³/mol. The van der Waals surface area contributed by atoms with Gasteiger partial charge in [0.25, 0.3) is 5.56 Å². The first-order valence-corrected chi connectivity index (χ1v) is 8.66. The lowest BCUT2D eigenvalue weighted by atomic mass is 9.93. The first kappa shape index (κ1) is 15.9. The van der Waals surface area contributed by atoms with E-state index in [1.807, 2.05) is 17.2 Å². The fourth-order valence-electron chi connectivity index (χ4n) is 2.99. The van der Waals surface area contributed by atoms with Crippen molar-refractivity contribution in [3.8, 4) is 0 Å². The second kappa shape index (κ2) is 6.62. The quantitative estimate of drug-likeness (QED) is 0.929. The topological polar surface area (TPSA) is 79.0 Å². The van der Waals surface area contributed by atoms with Gasteiger partial charge in [0, 0.05) is 30.5 Å². The van der Waals surface area contributed by atoms with Crippen LogP contribution in [0.25, 0.3) is 0 Å². The van der Waals surface area contributed by atoms with E-state index in [1.165, 1.54) is 0 Å². The monoisotopic (exact) mass is 332 g/mol. The number of likely N-dealkylation sites (tertiary alicyclic amines) is 1. The summed E-state index contributed by atoms with van der Waals surface area (Å²) in [6.45, 7) is 5.15. The van der Waals surface area contributed by atoms with E-state index in [-0.39, 0.29) is 17.4 Å². The Balaban J connectivity index is 1.59. The molecule has 2 aromatic rings. The van der Waals surface area contributed by atoms with Crippen LogP contribution < -0.4 is 5.56 Å². The molecule has 0 spiro atoms. The Hall–Kier alpha value is -2.02. The number of rotatable bonds is 3. The third-order valence-electron chi connectivity index (χ3n) is 4.14. The fourth-order valence-corrected chi connectivity index (χ4v) is 3.61. The zero-order valence-corrected chi connectivity index (χ0v) is 14.2. The number of nitrogens with one attached hydrogen (secondary N) is 1. The van der Waals surface area contributed by atoms with Crippen LogP contribution in [0.15, 0.2) is 16.2 Å². The molecule has 0 aromatic carbocycles. The maximum absolute atomic E-state index is 12.3. The average molecular weight is 332 g/mol. The summed E-state index contributed by atoms with van der Waals surface area (Å²) in [5.41, 5.74) is 1.59. The molecule has 1 aliphatic heterocycles. The number of carbonyl (C=O) groups is 1. The maximum Gasteiger partial charge on any atom is 0.251 e. The molecule has 0 saturated carbocycles. The summed E-state index contributed by atoms with van der Waals surface area (Å²) in [6.07, 6.45) is 2.06. The van der Waals surface area contributed by atoms with Crippen molar-refractivity contribution in [2.45, 2.75) is 39.0 Å². The number of aromatic amines is 1. The third kappa shape index (κ3) is 3.85. The smallest absolute Gasteiger partial charge is 0.251 e. The van der Waals surface area contributed by atoms with Crippen molar-refractivity contribution in [3.63, 3.8) is 0 Å². The van der Waals surface area contributed by atoms with E-state index >= 15 is 0 Å². The van der Waals surface area contributed by atoms with Crippen molar-refractivity contribution in [1.82, 2.24) is 19.9 Å². The van der Waals surface area contributed by atoms with E-state index in [0.29, 0.717) is 25.3 Å². The molecule has 0 aliphatic carbocycles. The summed E-state index contributed by atoms with van der Waals surface area (Å²) >= 11 is 1.57. The Kier molecular flexibility index (Phi) is 4.56. The van der Waals surface area contributed by atoms with Gasteiger partial charge in [0.15, 0.2) is 0 Å². The maximum atomic E-state index is 12.3. The van der Waals surface area contributed by atoms with Crippen LogP contribution in [0.4, 0.5) is 0 Å². The molecule has 1 amide bonds. The zero-order valence-electron chi connectivity index (χ0n) is 13.3. The van der Waals surface area contributed by atoms with Crippen LogP contribution in [0, 0.1) is 13.8 Å². The minimum absolute atomic E-state index is 0.107. The molecule has 1 saturated heterocycles. The molecule has 6 nitrogen and oxygen atoms in total. The molecule has 0 unspecified atom stereocenters. The lowest BCUT2D eigenvalue weighted by molar-refractivity contribution is -0.131. The summed E-state index contributed by atoms with van der Waals surface area (Å²) in [7, 11) is 0. The van der Waals surface area contributed by atoms with Gasteiger partial charge in [-0.3, -0.25) is 9.59 Å². The summed E-state index contributed by atoms with van der Waals surface area (Å²) in [4.78, 5) is 37.3. The van der Waals surface area contributed by atoms with E-state index in [9.17, 15) is 9.59 Å². The van der Waals surface area contributed by atoms with E-state index in [1.54, 1.807) is 24.3 Å². The number of aromatic nitrogens is 3. The number of aryl methyl sites for hydroxylation is 2. The summed E-state index contributed by atoms with van der Waals surface area (Å²) in [5.74, 6) is 1.02. The highest BCUT2D eigenvalue weighted by molar-refractivity contribution is 7.09. The molecule has 7 heteroatoms. The van der Waals surface area contributed by atoms with Gasteiger partial charge in [0.1, 0.15) is 5.82 Å². The highest BCUT2D eigenvalue weighted by Gasteiger charge is 2.25. The first-order chi connectivity index (χ1) is 11.0. The Morgan fingerprint density at radius 1 is 1.35 bits per heavy atom. The standard InChI is InChI=1S/C16H20N4O2S/c1-10-17-14(8-15(21)18-10)12-3-5-20(6-4-12)16(22)7-13-9-23-11(2)19-13/h8-9,12H,3-7H2,1-2H3,(H,17,18,21). The summed E-state index contributed by atoms with van der Waals surface area (Å²) in [6, 6.07) is 1.58. The van der Waals surface area contributed by atoms with Crippen LogP contribution in [0.3, 0.4) is 0 Å². The highest BCUT2D eigenvalue weighted by atomic mass is 32.1. The van der Waals surface area contributed by atoms with Crippen LogP contribution in [0.2, 0.25) is 0 Å². The largest absolute Gasteiger partial charge is 0.342 e. The van der Waals surface area contributed by atoms with Gasteiger partial charge in [-0.1, -0.05) is 0 Å². The van der Waals surface area contributed by atoms with Crippen molar-refractivity contribution in [2.75, 3.05) is 13.1 Å². The molecule has 1 N–H and O–H groups in total. The van der Waals surface area contributed by atoms with Crippen molar-refractivity contribution in [2.24, 2.45) is 0 Å². The molecule has 122 valence electrons. The van der Waals surface area contributed by atoms with Crippen LogP contribution in [0.1, 0.15) is 41.0 Å². The van der Waals surface area contributed by atoms with Crippen LogP contribution in [-0.2, 0) is 11.2 Å². The number of carbonyl (C=O) groups excluding carboxylic acids is 1. The van der Waals surface area contributed by atoms with Gasteiger partial charge < -0.3 is 9.88 Å². The molecule has 0 atom stereocenters. The van der Waals surface area contributed by atoms with Gasteiger partial charge in [-0.2, -0.15) is 0 Å². The number of piperidine rings is 1. The van der Waals surface area contributed by atoms with Gasteiger partial charge >= 0.3 is 0 Å². The van der Waals surface area contributed by atoms with Gasteiger partial charge in [-0.05, 0) is 26.7 Å². The number of amides is 1. The minimum Gasteiger partial charge on any atom is -0.342 e. The second-order valence-electron chi connectivity index (χ2n) is 5.95. The molecule has 3 heterocycles. The van der Waals surface area contributed by atoms with E-state index in [0.717, 1.165) is 29.2 Å². The molecule has 23 heavy (non-hydrogen) atoms. The number of hydrogen-bond donors (Lipinski definition) is 1. The van der Waals surface area contributed by atoms with Crippen molar-refractivity contribution < 1.29 is 4.79 Å². The van der Waals surface area contributed by atoms with Gasteiger partial charge in [0.2, 0.25) is 5.91 Å².